The highest BCUT2D eigenvalue weighted by atomic mass is 127. The molecule has 0 spiro atoms. The number of hydrogen-bond acceptors (Lipinski definition) is 1. The molecule has 0 atom stereocenters. The molecule has 3 heteroatoms. The van der Waals surface area contributed by atoms with E-state index in [0.29, 0.717) is 6.61 Å². The highest BCUT2D eigenvalue weighted by molar-refractivity contribution is 7.98. The van der Waals surface area contributed by atoms with Crippen LogP contribution in [0.5, 0.6) is 0 Å². The van der Waals surface area contributed by atoms with Crippen molar-refractivity contribution in [2.75, 3.05) is 6.61 Å². The van der Waals surface area contributed by atoms with Gasteiger partial charge in [-0.1, -0.05) is 54.6 Å². The average molecular weight is 474 g/mol. The van der Waals surface area contributed by atoms with Gasteiger partial charge in [-0.25, -0.2) is 0 Å². The Balaban J connectivity index is 0.00000243. The van der Waals surface area contributed by atoms with Gasteiger partial charge in [-0.05, 0) is 50.2 Å². The van der Waals surface area contributed by atoms with Crippen LogP contribution in [0.4, 0.5) is 0 Å². The predicted octanol–water partition coefficient (Wildman–Crippen LogP) is 1.88. The van der Waals surface area contributed by atoms with Gasteiger partial charge in [0.25, 0.3) is 0 Å². The second-order valence-electron chi connectivity index (χ2n) is 5.90. The van der Waals surface area contributed by atoms with Gasteiger partial charge in [-0.15, -0.1) is 0 Å². The second-order valence-corrected chi connectivity index (χ2v) is 9.15. The lowest BCUT2D eigenvalue weighted by Gasteiger charge is -2.24. The molecule has 0 N–H and O–H groups in total. The molecular weight excluding hydrogens is 450 g/mol. The van der Waals surface area contributed by atoms with Gasteiger partial charge >= 0.3 is 0 Å². The van der Waals surface area contributed by atoms with Gasteiger partial charge in [-0.2, -0.15) is 0 Å². The molecule has 0 aliphatic carbocycles. The van der Waals surface area contributed by atoms with Crippen molar-refractivity contribution in [2.24, 2.45) is 0 Å². The third-order valence-electron chi connectivity index (χ3n) is 4.24. The summed E-state index contributed by atoms with van der Waals surface area (Å²) in [6.07, 6.45) is 0. The van der Waals surface area contributed by atoms with Gasteiger partial charge in [0.15, 0.2) is 0 Å². The molecule has 26 heavy (non-hydrogen) atoms. The molecule has 134 valence electrons. The molecule has 0 fully saturated rings. The lowest BCUT2D eigenvalue weighted by atomic mass is 10.4. The molecule has 0 bridgehead atoms. The molecule has 3 aromatic carbocycles. The van der Waals surface area contributed by atoms with E-state index in [9.17, 15) is 0 Å². The maximum absolute atomic E-state index is 5.85. The fraction of sp³-hybridized carbons (Fsp3) is 0.130. The molecule has 0 amide bonds. The Morgan fingerprint density at radius 3 is 1.38 bits per heavy atom. The third kappa shape index (κ3) is 4.36. The number of allylic oxidation sites excluding steroid dienone is 1. The first-order valence-electron chi connectivity index (χ1n) is 8.65. The first-order chi connectivity index (χ1) is 12.3. The van der Waals surface area contributed by atoms with Crippen molar-refractivity contribution in [3.05, 3.63) is 103 Å². The zero-order chi connectivity index (χ0) is 17.5. The van der Waals surface area contributed by atoms with Gasteiger partial charge in [0.1, 0.15) is 34.8 Å². The third-order valence-corrected chi connectivity index (χ3v) is 8.33. The Morgan fingerprint density at radius 2 is 1.08 bits per heavy atom. The maximum Gasteiger partial charge on any atom is 0.140 e. The van der Waals surface area contributed by atoms with Crippen LogP contribution in [-0.4, -0.2) is 6.61 Å². The quantitative estimate of drug-likeness (QED) is 0.301. The number of ether oxygens (including phenoxy) is 1. The largest absolute Gasteiger partial charge is 1.00 e. The van der Waals surface area contributed by atoms with Crippen molar-refractivity contribution in [3.63, 3.8) is 0 Å². The van der Waals surface area contributed by atoms with Crippen LogP contribution < -0.4 is 39.9 Å². The summed E-state index contributed by atoms with van der Waals surface area (Å²) in [5.41, 5.74) is 0. The van der Waals surface area contributed by atoms with Crippen LogP contribution in [-0.2, 0) is 4.74 Å². The Labute approximate surface area is 174 Å². The van der Waals surface area contributed by atoms with Crippen LogP contribution in [0.1, 0.15) is 13.8 Å². The van der Waals surface area contributed by atoms with E-state index in [-0.39, 0.29) is 24.0 Å². The number of rotatable bonds is 6. The first-order valence-corrected chi connectivity index (χ1v) is 10.5. The minimum atomic E-state index is -1.93. The topological polar surface area (TPSA) is 9.23 Å². The molecule has 0 unspecified atom stereocenters. The molecule has 1 nitrogen and oxygen atoms in total. The van der Waals surface area contributed by atoms with Crippen molar-refractivity contribution in [1.82, 2.24) is 0 Å². The minimum Gasteiger partial charge on any atom is -1.00 e. The average Bonchev–Trinajstić information content (AvgIpc) is 2.68. The number of benzene rings is 3. The highest BCUT2D eigenvalue weighted by Gasteiger charge is 2.44. The van der Waals surface area contributed by atoms with Crippen molar-refractivity contribution in [3.8, 4) is 0 Å². The van der Waals surface area contributed by atoms with E-state index in [1.165, 1.54) is 15.9 Å². The second kappa shape index (κ2) is 9.89. The molecule has 0 heterocycles. The molecule has 0 aliphatic rings. The molecule has 0 saturated heterocycles. The smallest absolute Gasteiger partial charge is 0.140 e. The molecule has 3 aromatic rings. The summed E-state index contributed by atoms with van der Waals surface area (Å²) in [7, 11) is -1.93. The van der Waals surface area contributed by atoms with E-state index in [0.717, 1.165) is 5.76 Å². The molecule has 0 radical (unpaired) electrons. The summed E-state index contributed by atoms with van der Waals surface area (Å²) >= 11 is 0. The van der Waals surface area contributed by atoms with Crippen molar-refractivity contribution < 1.29 is 28.7 Å². The summed E-state index contributed by atoms with van der Waals surface area (Å²) < 4.78 is 5.85. The van der Waals surface area contributed by atoms with Gasteiger partial charge < -0.3 is 28.7 Å². The van der Waals surface area contributed by atoms with E-state index >= 15 is 0 Å². The summed E-state index contributed by atoms with van der Waals surface area (Å²) in [5.74, 6) is 3.34. The van der Waals surface area contributed by atoms with Crippen LogP contribution in [0.2, 0.25) is 0 Å². The zero-order valence-electron chi connectivity index (χ0n) is 15.2. The maximum atomic E-state index is 5.85. The lowest BCUT2D eigenvalue weighted by Crippen LogP contribution is -3.00. The zero-order valence-corrected chi connectivity index (χ0v) is 18.2. The Kier molecular flexibility index (Phi) is 7.86. The van der Waals surface area contributed by atoms with Gasteiger partial charge in [0.05, 0.1) is 6.61 Å². The fourth-order valence-corrected chi connectivity index (χ4v) is 7.09. The van der Waals surface area contributed by atoms with E-state index in [1.807, 2.05) is 6.92 Å². The van der Waals surface area contributed by atoms with Crippen molar-refractivity contribution in [1.29, 1.82) is 0 Å². The van der Waals surface area contributed by atoms with E-state index in [2.05, 4.69) is 104 Å². The van der Waals surface area contributed by atoms with Crippen molar-refractivity contribution >= 4 is 23.2 Å². The van der Waals surface area contributed by atoms with Crippen molar-refractivity contribution in [2.45, 2.75) is 13.8 Å². The molecule has 0 saturated carbocycles. The van der Waals surface area contributed by atoms with Gasteiger partial charge in [0.2, 0.25) is 0 Å². The SMILES string of the molecule is CCOC(C)=C[P+](c1ccccc1)(c1ccccc1)c1ccccc1.[I-]. The standard InChI is InChI=1S/C23H24OP.HI/c1-3-24-20(2)19-25(21-13-7-4-8-14-21,22-15-9-5-10-16-22)23-17-11-6-12-18-23;/h4-19H,3H2,1-2H3;1H/q+1;/p-1. The first kappa shape index (κ1) is 20.7. The monoisotopic (exact) mass is 474 g/mol. The summed E-state index contributed by atoms with van der Waals surface area (Å²) in [4.78, 5) is 0. The normalized spacial score (nSPS) is 11.5. The molecule has 0 aliphatic heterocycles. The van der Waals surface area contributed by atoms with Crippen LogP contribution in [0.3, 0.4) is 0 Å². The van der Waals surface area contributed by atoms with E-state index < -0.39 is 7.26 Å². The van der Waals surface area contributed by atoms with Gasteiger partial charge in [-0.3, -0.25) is 0 Å². The van der Waals surface area contributed by atoms with E-state index in [4.69, 9.17) is 4.74 Å². The molecule has 0 aromatic heterocycles. The van der Waals surface area contributed by atoms with Crippen LogP contribution >= 0.6 is 7.26 Å². The number of halogens is 1. The van der Waals surface area contributed by atoms with Crippen LogP contribution in [0.15, 0.2) is 103 Å². The Morgan fingerprint density at radius 1 is 0.731 bits per heavy atom. The Hall–Kier alpha value is -1.64. The molecule has 3 rings (SSSR count). The fourth-order valence-electron chi connectivity index (χ4n) is 3.20. The van der Waals surface area contributed by atoms with Gasteiger partial charge in [0, 0.05) is 0 Å². The summed E-state index contributed by atoms with van der Waals surface area (Å²) in [6, 6.07) is 32.4. The number of hydrogen-bond donors (Lipinski definition) is 0. The van der Waals surface area contributed by atoms with Crippen LogP contribution in [0.25, 0.3) is 0 Å². The van der Waals surface area contributed by atoms with Crippen LogP contribution in [0, 0.1) is 0 Å². The predicted molar refractivity (Wildman–Crippen MR) is 111 cm³/mol. The minimum absolute atomic E-state index is 0. The lowest BCUT2D eigenvalue weighted by molar-refractivity contribution is -0.00000596. The highest BCUT2D eigenvalue weighted by Crippen LogP contribution is 2.57. The summed E-state index contributed by atoms with van der Waals surface area (Å²) in [5, 5.41) is 4.02. The summed E-state index contributed by atoms with van der Waals surface area (Å²) in [6.45, 7) is 4.78. The van der Waals surface area contributed by atoms with E-state index in [1.54, 1.807) is 0 Å². The molecular formula is C23H24IOP. The Bertz CT molecular complexity index is 720.